The Bertz CT molecular complexity index is 1410. The number of ether oxygens (including phenoxy) is 1. The van der Waals surface area contributed by atoms with E-state index in [1.165, 1.54) is 0 Å². The summed E-state index contributed by atoms with van der Waals surface area (Å²) in [5.74, 6) is 0. The zero-order valence-electron chi connectivity index (χ0n) is 27.4. The van der Waals surface area contributed by atoms with Gasteiger partial charge in [0.2, 0.25) is 0 Å². The quantitative estimate of drug-likeness (QED) is 0.261. The molecule has 1 aliphatic heterocycles. The van der Waals surface area contributed by atoms with E-state index in [1.807, 2.05) is 48.5 Å². The van der Waals surface area contributed by atoms with E-state index in [2.05, 4.69) is 114 Å². The fourth-order valence-electron chi connectivity index (χ4n) is 7.06. The Kier molecular flexibility index (Phi) is 10.0. The Morgan fingerprint density at radius 1 is 0.600 bits per heavy atom. The van der Waals surface area contributed by atoms with Crippen molar-refractivity contribution in [2.24, 2.45) is 0 Å². The van der Waals surface area contributed by atoms with Crippen molar-refractivity contribution >= 4 is 37.4 Å². The molecule has 1 fully saturated rings. The first-order chi connectivity index (χ1) is 21.5. The maximum atomic E-state index is 12.4. The first-order valence-corrected chi connectivity index (χ1v) is 19.8. The number of benzene rings is 4. The maximum Gasteiger partial charge on any atom is 0.261 e. The highest BCUT2D eigenvalue weighted by molar-refractivity contribution is 7.00. The van der Waals surface area contributed by atoms with Gasteiger partial charge in [-0.1, -0.05) is 163 Å². The predicted octanol–water partition coefficient (Wildman–Crippen LogP) is 4.63. The van der Waals surface area contributed by atoms with Gasteiger partial charge in [0.15, 0.2) is 0 Å². The van der Waals surface area contributed by atoms with Crippen LogP contribution in [0.1, 0.15) is 41.5 Å². The molecule has 2 N–H and O–H groups in total. The summed E-state index contributed by atoms with van der Waals surface area (Å²) < 4.78 is 21.2. The first-order valence-electron chi connectivity index (χ1n) is 15.9. The van der Waals surface area contributed by atoms with Crippen LogP contribution in [0.25, 0.3) is 0 Å². The van der Waals surface area contributed by atoms with Gasteiger partial charge in [-0.25, -0.2) is 0 Å². The summed E-state index contributed by atoms with van der Waals surface area (Å²) in [6, 6.07) is 41.6. The molecular formula is C38H48O5Si2. The number of hydrogen-bond acceptors (Lipinski definition) is 5. The van der Waals surface area contributed by atoms with E-state index in [0.717, 1.165) is 20.7 Å². The van der Waals surface area contributed by atoms with Crippen LogP contribution < -0.4 is 20.7 Å². The van der Waals surface area contributed by atoms with Crippen molar-refractivity contribution in [3.63, 3.8) is 0 Å². The van der Waals surface area contributed by atoms with Crippen LogP contribution in [-0.4, -0.2) is 64.5 Å². The number of rotatable bonds is 9. The first kappa shape index (κ1) is 33.5. The zero-order chi connectivity index (χ0) is 32.3. The summed E-state index contributed by atoms with van der Waals surface area (Å²) in [5.41, 5.74) is 0. The normalized spacial score (nSPS) is 21.4. The molecule has 4 aromatic carbocycles. The van der Waals surface area contributed by atoms with Crippen LogP contribution >= 0.6 is 0 Å². The third-order valence-electron chi connectivity index (χ3n) is 9.21. The van der Waals surface area contributed by atoms with Crippen LogP contribution in [0.2, 0.25) is 10.1 Å². The molecule has 1 saturated heterocycles. The van der Waals surface area contributed by atoms with Crippen molar-refractivity contribution < 1.29 is 23.8 Å². The van der Waals surface area contributed by atoms with E-state index in [4.69, 9.17) is 13.6 Å². The average Bonchev–Trinajstić information content (AvgIpc) is 3.04. The minimum absolute atomic E-state index is 0.150. The van der Waals surface area contributed by atoms with Crippen molar-refractivity contribution in [3.8, 4) is 0 Å². The van der Waals surface area contributed by atoms with Gasteiger partial charge >= 0.3 is 0 Å². The van der Waals surface area contributed by atoms with Gasteiger partial charge in [-0.05, 0) is 30.8 Å². The van der Waals surface area contributed by atoms with Gasteiger partial charge in [-0.3, -0.25) is 0 Å². The van der Waals surface area contributed by atoms with E-state index in [-0.39, 0.29) is 23.3 Å². The number of aliphatic hydroxyl groups excluding tert-OH is 2. The van der Waals surface area contributed by atoms with E-state index < -0.39 is 41.1 Å². The van der Waals surface area contributed by atoms with Crippen LogP contribution in [0, 0.1) is 0 Å². The zero-order valence-corrected chi connectivity index (χ0v) is 29.4. The van der Waals surface area contributed by atoms with Crippen molar-refractivity contribution in [3.05, 3.63) is 121 Å². The molecule has 4 atom stereocenters. The van der Waals surface area contributed by atoms with Crippen molar-refractivity contribution in [1.82, 2.24) is 0 Å². The molecule has 0 radical (unpaired) electrons. The molecule has 1 aliphatic rings. The Morgan fingerprint density at radius 3 is 1.24 bits per heavy atom. The second-order valence-corrected chi connectivity index (χ2v) is 22.6. The Hall–Kier alpha value is -2.89. The summed E-state index contributed by atoms with van der Waals surface area (Å²) in [7, 11) is -6.09. The Balaban J connectivity index is 1.63. The molecule has 5 nitrogen and oxygen atoms in total. The van der Waals surface area contributed by atoms with E-state index in [0.29, 0.717) is 0 Å². The lowest BCUT2D eigenvalue weighted by atomic mass is 10.0. The van der Waals surface area contributed by atoms with E-state index in [1.54, 1.807) is 0 Å². The number of aliphatic hydroxyl groups is 2. The summed E-state index contributed by atoms with van der Waals surface area (Å²) >= 11 is 0. The van der Waals surface area contributed by atoms with Crippen LogP contribution in [0.15, 0.2) is 121 Å². The second-order valence-electron chi connectivity index (χ2n) is 14.1. The molecule has 0 saturated carbocycles. The fourth-order valence-corrected chi connectivity index (χ4v) is 16.5. The third kappa shape index (κ3) is 6.28. The van der Waals surface area contributed by atoms with Gasteiger partial charge in [0.1, 0.15) is 18.3 Å². The lowest BCUT2D eigenvalue weighted by Crippen LogP contribution is -2.73. The summed E-state index contributed by atoms with van der Waals surface area (Å²) in [6.45, 7) is 13.2. The molecule has 238 valence electrons. The van der Waals surface area contributed by atoms with Gasteiger partial charge in [-0.2, -0.15) is 0 Å². The van der Waals surface area contributed by atoms with Gasteiger partial charge in [-0.15, -0.1) is 0 Å². The SMILES string of the molecule is CC(C)(C)[Si](O[C@H]1[C@H](O)[C@@H](O[Si](c2ccccc2)(c2ccccc2)C(C)(C)C)CO[C@@H]1CO)(c1ccccc1)c1ccccc1. The topological polar surface area (TPSA) is 68.2 Å². The van der Waals surface area contributed by atoms with Gasteiger partial charge < -0.3 is 23.8 Å². The van der Waals surface area contributed by atoms with Crippen molar-refractivity contribution in [2.75, 3.05) is 13.2 Å². The minimum Gasteiger partial charge on any atom is -0.399 e. The predicted molar refractivity (Wildman–Crippen MR) is 188 cm³/mol. The standard InChI is InChI=1S/C38H48O5Si2/c1-37(2,3)44(29-19-11-7-12-20-29,30-21-13-8-14-22-30)42-34-28-41-33(27-39)36(35(34)40)43-45(38(4,5)6,31-23-15-9-16-24-31)32-25-17-10-18-26-32/h7-26,33-36,39-40H,27-28H2,1-6H3/t33-,34+,35-,36-/m1/s1. The highest BCUT2D eigenvalue weighted by Gasteiger charge is 2.57. The molecular weight excluding hydrogens is 593 g/mol. The van der Waals surface area contributed by atoms with Crippen molar-refractivity contribution in [2.45, 2.75) is 76.0 Å². The summed E-state index contributed by atoms with van der Waals surface area (Å²) in [6.07, 6.45) is -3.25. The minimum atomic E-state index is -3.08. The highest BCUT2D eigenvalue weighted by Crippen LogP contribution is 2.41. The summed E-state index contributed by atoms with van der Waals surface area (Å²) in [5, 5.41) is 26.8. The molecule has 0 spiro atoms. The lowest BCUT2D eigenvalue weighted by molar-refractivity contribution is -0.185. The highest BCUT2D eigenvalue weighted by atomic mass is 28.4. The molecule has 4 aromatic rings. The molecule has 45 heavy (non-hydrogen) atoms. The van der Waals surface area contributed by atoms with Gasteiger partial charge in [0, 0.05) is 0 Å². The Morgan fingerprint density at radius 2 is 0.933 bits per heavy atom. The molecule has 0 amide bonds. The van der Waals surface area contributed by atoms with E-state index >= 15 is 0 Å². The molecule has 7 heteroatoms. The fraction of sp³-hybridized carbons (Fsp3) is 0.368. The van der Waals surface area contributed by atoms with Crippen LogP contribution in [-0.2, 0) is 13.6 Å². The van der Waals surface area contributed by atoms with Gasteiger partial charge in [0.25, 0.3) is 16.6 Å². The Labute approximate surface area is 271 Å². The molecule has 0 unspecified atom stereocenters. The lowest BCUT2D eigenvalue weighted by Gasteiger charge is -2.51. The third-order valence-corrected chi connectivity index (χ3v) is 19.3. The smallest absolute Gasteiger partial charge is 0.261 e. The molecule has 1 heterocycles. The average molecular weight is 641 g/mol. The van der Waals surface area contributed by atoms with Crippen LogP contribution in [0.5, 0.6) is 0 Å². The second kappa shape index (κ2) is 13.5. The van der Waals surface area contributed by atoms with Gasteiger partial charge in [0.05, 0.1) is 19.3 Å². The summed E-state index contributed by atoms with van der Waals surface area (Å²) in [4.78, 5) is 0. The number of hydrogen-bond donors (Lipinski definition) is 2. The molecule has 0 aromatic heterocycles. The molecule has 0 bridgehead atoms. The molecule has 0 aliphatic carbocycles. The van der Waals surface area contributed by atoms with Crippen LogP contribution in [0.3, 0.4) is 0 Å². The van der Waals surface area contributed by atoms with E-state index in [9.17, 15) is 10.2 Å². The monoisotopic (exact) mass is 640 g/mol. The van der Waals surface area contributed by atoms with Crippen molar-refractivity contribution in [1.29, 1.82) is 0 Å². The van der Waals surface area contributed by atoms with Crippen LogP contribution in [0.4, 0.5) is 0 Å². The molecule has 5 rings (SSSR count). The largest absolute Gasteiger partial charge is 0.399 e. The maximum absolute atomic E-state index is 12.4.